The van der Waals surface area contributed by atoms with E-state index >= 15 is 0 Å². The number of carbonyl (C=O) groups is 1. The molecule has 0 fully saturated rings. The third-order valence-corrected chi connectivity index (χ3v) is 4.38. The zero-order valence-electron chi connectivity index (χ0n) is 15.6. The molecular weight excluding hydrogens is 342 g/mol. The number of phenolic OH excluding ortho intramolecular Hbond substituents is 1. The zero-order chi connectivity index (χ0) is 19.2. The second kappa shape index (κ2) is 8.54. The molecule has 3 aromatic rings. The Bertz CT molecular complexity index is 952. The fourth-order valence-electron chi connectivity index (χ4n) is 2.95. The van der Waals surface area contributed by atoms with Crippen LogP contribution in [-0.2, 0) is 0 Å². The lowest BCUT2D eigenvalue weighted by Crippen LogP contribution is -2.05. The summed E-state index contributed by atoms with van der Waals surface area (Å²) in [7, 11) is 1.58. The summed E-state index contributed by atoms with van der Waals surface area (Å²) in [6.45, 7) is 2.77. The molecule has 0 unspecified atom stereocenters. The van der Waals surface area contributed by atoms with Gasteiger partial charge in [0, 0.05) is 17.1 Å². The van der Waals surface area contributed by atoms with Gasteiger partial charge in [-0.05, 0) is 42.1 Å². The number of aromatic hydroxyl groups is 1. The molecule has 1 N–H and O–H groups in total. The molecule has 0 radical (unpaired) electrons. The van der Waals surface area contributed by atoms with Gasteiger partial charge in [0.1, 0.15) is 11.4 Å². The Morgan fingerprint density at radius 3 is 2.70 bits per heavy atom. The highest BCUT2D eigenvalue weighted by atomic mass is 16.5. The van der Waals surface area contributed by atoms with Crippen LogP contribution in [-0.4, -0.2) is 29.6 Å². The molecule has 27 heavy (non-hydrogen) atoms. The molecule has 3 rings (SSSR count). The molecule has 0 spiro atoms. The SMILES string of the molecule is CCCCCOc1cc2ccnc(C(=O)c3cccc(O)c3)c2cc1OC. The highest BCUT2D eigenvalue weighted by Gasteiger charge is 2.17. The first-order valence-corrected chi connectivity index (χ1v) is 9.07. The monoisotopic (exact) mass is 365 g/mol. The average Bonchev–Trinajstić information content (AvgIpc) is 2.69. The van der Waals surface area contributed by atoms with Crippen molar-refractivity contribution >= 4 is 16.6 Å². The molecule has 5 nitrogen and oxygen atoms in total. The average molecular weight is 365 g/mol. The van der Waals surface area contributed by atoms with Gasteiger partial charge >= 0.3 is 0 Å². The van der Waals surface area contributed by atoms with Crippen LogP contribution in [0.5, 0.6) is 17.2 Å². The van der Waals surface area contributed by atoms with E-state index in [9.17, 15) is 9.90 Å². The van der Waals surface area contributed by atoms with Crippen LogP contribution in [0.1, 0.15) is 42.2 Å². The van der Waals surface area contributed by atoms with Gasteiger partial charge in [0.15, 0.2) is 11.5 Å². The highest BCUT2D eigenvalue weighted by Crippen LogP contribution is 2.34. The van der Waals surface area contributed by atoms with Crippen molar-refractivity contribution < 1.29 is 19.4 Å². The second-order valence-electron chi connectivity index (χ2n) is 6.32. The number of hydrogen-bond donors (Lipinski definition) is 1. The van der Waals surface area contributed by atoms with Crippen molar-refractivity contribution in [2.75, 3.05) is 13.7 Å². The molecule has 140 valence electrons. The molecule has 1 aromatic heterocycles. The quantitative estimate of drug-likeness (QED) is 0.461. The number of hydrogen-bond acceptors (Lipinski definition) is 5. The first-order chi connectivity index (χ1) is 13.1. The first-order valence-electron chi connectivity index (χ1n) is 9.07. The molecule has 0 atom stereocenters. The molecular formula is C22H23NO4. The van der Waals surface area contributed by atoms with E-state index < -0.39 is 0 Å². The minimum Gasteiger partial charge on any atom is -0.508 e. The van der Waals surface area contributed by atoms with Gasteiger partial charge in [-0.2, -0.15) is 0 Å². The van der Waals surface area contributed by atoms with Crippen LogP contribution in [0.4, 0.5) is 0 Å². The van der Waals surface area contributed by atoms with Gasteiger partial charge in [0.25, 0.3) is 0 Å². The fourth-order valence-corrected chi connectivity index (χ4v) is 2.95. The van der Waals surface area contributed by atoms with Crippen molar-refractivity contribution in [1.82, 2.24) is 4.98 Å². The lowest BCUT2D eigenvalue weighted by molar-refractivity contribution is 0.103. The summed E-state index contributed by atoms with van der Waals surface area (Å²) in [5.74, 6) is 1.01. The van der Waals surface area contributed by atoms with Gasteiger partial charge in [-0.15, -0.1) is 0 Å². The Labute approximate surface area is 158 Å². The number of pyridine rings is 1. The molecule has 0 saturated heterocycles. The minimum atomic E-state index is -0.254. The van der Waals surface area contributed by atoms with E-state index in [1.165, 1.54) is 12.1 Å². The molecule has 0 aliphatic heterocycles. The van der Waals surface area contributed by atoms with Gasteiger partial charge in [-0.25, -0.2) is 0 Å². The molecule has 0 amide bonds. The lowest BCUT2D eigenvalue weighted by Gasteiger charge is -2.13. The maximum Gasteiger partial charge on any atom is 0.212 e. The standard InChI is InChI=1S/C22H23NO4/c1-3-4-5-11-27-20-13-15-9-10-23-21(18(15)14-19(20)26-2)22(25)16-7-6-8-17(24)12-16/h6-10,12-14,24H,3-5,11H2,1-2H3. The van der Waals surface area contributed by atoms with E-state index in [-0.39, 0.29) is 11.5 Å². The number of rotatable bonds is 8. The topological polar surface area (TPSA) is 68.7 Å². The molecule has 1 heterocycles. The normalized spacial score (nSPS) is 10.7. The first kappa shape index (κ1) is 18.7. The molecule has 0 aliphatic rings. The Morgan fingerprint density at radius 1 is 1.11 bits per heavy atom. The predicted octanol–water partition coefficient (Wildman–Crippen LogP) is 4.75. The van der Waals surface area contributed by atoms with Crippen molar-refractivity contribution in [2.45, 2.75) is 26.2 Å². The predicted molar refractivity (Wildman–Crippen MR) is 105 cm³/mol. The number of phenols is 1. The Kier molecular flexibility index (Phi) is 5.91. The van der Waals surface area contributed by atoms with Gasteiger partial charge in [-0.3, -0.25) is 9.78 Å². The number of ether oxygens (including phenoxy) is 2. The van der Waals surface area contributed by atoms with E-state index in [1.807, 2.05) is 12.1 Å². The molecule has 2 aromatic carbocycles. The summed E-state index contributed by atoms with van der Waals surface area (Å²) in [5, 5.41) is 11.2. The van der Waals surface area contributed by atoms with Crippen LogP contribution in [0.3, 0.4) is 0 Å². The molecule has 0 saturated carbocycles. The van der Waals surface area contributed by atoms with E-state index in [2.05, 4.69) is 11.9 Å². The number of carbonyl (C=O) groups excluding carboxylic acids is 1. The van der Waals surface area contributed by atoms with E-state index in [0.717, 1.165) is 24.6 Å². The molecule has 0 aliphatic carbocycles. The summed E-state index contributed by atoms with van der Waals surface area (Å²) in [6, 6.07) is 11.8. The summed E-state index contributed by atoms with van der Waals surface area (Å²) < 4.78 is 11.3. The number of aromatic nitrogens is 1. The van der Waals surface area contributed by atoms with Crippen molar-refractivity contribution in [2.24, 2.45) is 0 Å². The summed E-state index contributed by atoms with van der Waals surface area (Å²) >= 11 is 0. The number of nitrogens with zero attached hydrogens (tertiary/aromatic N) is 1. The van der Waals surface area contributed by atoms with Crippen molar-refractivity contribution in [3.63, 3.8) is 0 Å². The van der Waals surface area contributed by atoms with E-state index in [0.29, 0.717) is 34.7 Å². The molecule has 5 heteroatoms. The smallest absolute Gasteiger partial charge is 0.212 e. The van der Waals surface area contributed by atoms with Crippen molar-refractivity contribution in [3.8, 4) is 17.2 Å². The fraction of sp³-hybridized carbons (Fsp3) is 0.273. The summed E-state index contributed by atoms with van der Waals surface area (Å²) in [6.07, 6.45) is 4.83. The Hall–Kier alpha value is -3.08. The number of unbranched alkanes of at least 4 members (excludes halogenated alkanes) is 2. The maximum atomic E-state index is 12.9. The zero-order valence-corrected chi connectivity index (χ0v) is 15.6. The summed E-state index contributed by atoms with van der Waals surface area (Å²) in [4.78, 5) is 17.2. The maximum absolute atomic E-state index is 12.9. The lowest BCUT2D eigenvalue weighted by atomic mass is 10.0. The van der Waals surface area contributed by atoms with Crippen molar-refractivity contribution in [3.05, 3.63) is 59.9 Å². The van der Waals surface area contributed by atoms with Crippen LogP contribution < -0.4 is 9.47 Å². The summed E-state index contributed by atoms with van der Waals surface area (Å²) in [5.41, 5.74) is 0.697. The minimum absolute atomic E-state index is 0.0430. The highest BCUT2D eigenvalue weighted by molar-refractivity contribution is 6.15. The van der Waals surface area contributed by atoms with Crippen LogP contribution in [0.15, 0.2) is 48.7 Å². The van der Waals surface area contributed by atoms with Gasteiger partial charge < -0.3 is 14.6 Å². The number of fused-ring (bicyclic) bond motifs is 1. The van der Waals surface area contributed by atoms with E-state index in [4.69, 9.17) is 9.47 Å². The van der Waals surface area contributed by atoms with Crippen molar-refractivity contribution in [1.29, 1.82) is 0 Å². The Morgan fingerprint density at radius 2 is 1.96 bits per heavy atom. The van der Waals surface area contributed by atoms with Gasteiger partial charge in [0.05, 0.1) is 13.7 Å². The number of ketones is 1. The Balaban J connectivity index is 1.99. The third kappa shape index (κ3) is 4.19. The number of methoxy groups -OCH3 is 1. The molecule has 0 bridgehead atoms. The van der Waals surface area contributed by atoms with Gasteiger partial charge in [0.2, 0.25) is 5.78 Å². The van der Waals surface area contributed by atoms with Crippen LogP contribution in [0.2, 0.25) is 0 Å². The number of benzene rings is 2. The van der Waals surface area contributed by atoms with Crippen LogP contribution >= 0.6 is 0 Å². The van der Waals surface area contributed by atoms with Crippen LogP contribution in [0.25, 0.3) is 10.8 Å². The second-order valence-corrected chi connectivity index (χ2v) is 6.32. The van der Waals surface area contributed by atoms with Crippen LogP contribution in [0, 0.1) is 0 Å². The van der Waals surface area contributed by atoms with Gasteiger partial charge in [-0.1, -0.05) is 31.9 Å². The van der Waals surface area contributed by atoms with E-state index in [1.54, 1.807) is 31.5 Å². The largest absolute Gasteiger partial charge is 0.508 e. The third-order valence-electron chi connectivity index (χ3n) is 4.38.